The van der Waals surface area contributed by atoms with E-state index in [-0.39, 0.29) is 16.9 Å². The number of pyridine rings is 1. The summed E-state index contributed by atoms with van der Waals surface area (Å²) >= 11 is 1.44. The van der Waals surface area contributed by atoms with E-state index in [1.807, 2.05) is 35.2 Å². The molecule has 5 nitrogen and oxygen atoms in total. The van der Waals surface area contributed by atoms with Crippen molar-refractivity contribution in [3.05, 3.63) is 76.3 Å². The Labute approximate surface area is 201 Å². The van der Waals surface area contributed by atoms with Crippen LogP contribution in [0, 0.1) is 24.0 Å². The molecule has 1 aromatic carbocycles. The molecule has 0 atom stereocenters. The Hall–Kier alpha value is -3.13. The van der Waals surface area contributed by atoms with Gasteiger partial charge in [0.25, 0.3) is 11.8 Å². The average molecular weight is 482 g/mol. The number of likely N-dealkylation sites (tertiary alicyclic amines) is 2. The number of carbonyl (C=O) groups is 2. The van der Waals surface area contributed by atoms with E-state index in [0.717, 1.165) is 23.1 Å². The van der Waals surface area contributed by atoms with Gasteiger partial charge in [-0.3, -0.25) is 14.6 Å². The van der Waals surface area contributed by atoms with Gasteiger partial charge in [-0.1, -0.05) is 12.1 Å². The second kappa shape index (κ2) is 8.91. The summed E-state index contributed by atoms with van der Waals surface area (Å²) in [6.45, 7) is 3.68. The summed E-state index contributed by atoms with van der Waals surface area (Å²) in [5, 5.41) is 0. The number of hydrogen-bond acceptors (Lipinski definition) is 4. The van der Waals surface area contributed by atoms with E-state index in [0.29, 0.717) is 43.9 Å². The average Bonchev–Trinajstić information content (AvgIpc) is 3.51. The van der Waals surface area contributed by atoms with Gasteiger partial charge in [0.05, 0.1) is 15.4 Å². The van der Waals surface area contributed by atoms with Gasteiger partial charge in [0.15, 0.2) is 0 Å². The van der Waals surface area contributed by atoms with Crippen LogP contribution < -0.4 is 0 Å². The largest absolute Gasteiger partial charge is 0.338 e. The highest BCUT2D eigenvalue weighted by Crippen LogP contribution is 2.41. The molecular formula is C26H25F2N3O2S. The fourth-order valence-electron chi connectivity index (χ4n) is 4.97. The Kier molecular flexibility index (Phi) is 5.93. The maximum absolute atomic E-state index is 14.4. The normalized spacial score (nSPS) is 17.4. The van der Waals surface area contributed by atoms with E-state index in [2.05, 4.69) is 4.98 Å². The number of nitrogens with zero attached hydrogens (tertiary/aromatic N) is 3. The molecule has 8 heteroatoms. The quantitative estimate of drug-likeness (QED) is 0.519. The summed E-state index contributed by atoms with van der Waals surface area (Å²) in [5.74, 6) is -2.19. The van der Waals surface area contributed by atoms with Gasteiger partial charge in [0.1, 0.15) is 17.2 Å². The zero-order valence-electron chi connectivity index (χ0n) is 18.9. The molecule has 2 aromatic heterocycles. The molecule has 4 heterocycles. The molecule has 2 fully saturated rings. The second-order valence-corrected chi connectivity index (χ2v) is 10.3. The molecule has 0 radical (unpaired) electrons. The lowest BCUT2D eigenvalue weighted by Crippen LogP contribution is -2.45. The summed E-state index contributed by atoms with van der Waals surface area (Å²) in [7, 11) is 0. The number of aryl methyl sites for hydroxylation is 1. The Morgan fingerprint density at radius 2 is 1.68 bits per heavy atom. The van der Waals surface area contributed by atoms with Crippen molar-refractivity contribution in [2.75, 3.05) is 26.2 Å². The molecule has 34 heavy (non-hydrogen) atoms. The first kappa shape index (κ1) is 22.7. The summed E-state index contributed by atoms with van der Waals surface area (Å²) < 4.78 is 28.6. The Morgan fingerprint density at radius 1 is 0.941 bits per heavy atom. The van der Waals surface area contributed by atoms with Gasteiger partial charge >= 0.3 is 0 Å². The van der Waals surface area contributed by atoms with Crippen molar-refractivity contribution in [3.8, 4) is 10.6 Å². The topological polar surface area (TPSA) is 53.5 Å². The highest BCUT2D eigenvalue weighted by atomic mass is 32.1. The number of amides is 2. The van der Waals surface area contributed by atoms with Gasteiger partial charge in [-0.15, -0.1) is 11.3 Å². The number of aromatic nitrogens is 1. The standard InChI is InChI=1S/C26H25F2N3O2S/c1-17-5-6-18(27)22(23(17)28)25(33)30-13-9-26(10-14-30)11-15-31(16-26)24(32)21-8-7-20(34-21)19-4-2-3-12-29-19/h2-8,12H,9-11,13-16H2,1H3. The van der Waals surface area contributed by atoms with Crippen molar-refractivity contribution in [3.63, 3.8) is 0 Å². The zero-order valence-corrected chi connectivity index (χ0v) is 19.7. The van der Waals surface area contributed by atoms with Crippen LogP contribution in [0.25, 0.3) is 10.6 Å². The molecule has 0 unspecified atom stereocenters. The first-order valence-electron chi connectivity index (χ1n) is 11.4. The third-order valence-corrected chi connectivity index (χ3v) is 8.16. The first-order valence-corrected chi connectivity index (χ1v) is 12.2. The minimum Gasteiger partial charge on any atom is -0.338 e. The third kappa shape index (κ3) is 4.11. The Morgan fingerprint density at radius 3 is 2.38 bits per heavy atom. The van der Waals surface area contributed by atoms with Crippen LogP contribution in [-0.4, -0.2) is 52.8 Å². The molecular weight excluding hydrogens is 456 g/mol. The molecule has 176 valence electrons. The maximum atomic E-state index is 14.4. The molecule has 5 rings (SSSR count). The van der Waals surface area contributed by atoms with Crippen LogP contribution >= 0.6 is 11.3 Å². The molecule has 0 aliphatic carbocycles. The van der Waals surface area contributed by atoms with Crippen LogP contribution in [0.3, 0.4) is 0 Å². The molecule has 2 aliphatic heterocycles. The highest BCUT2D eigenvalue weighted by molar-refractivity contribution is 7.17. The Bertz CT molecular complexity index is 1240. The molecule has 0 saturated carbocycles. The molecule has 0 N–H and O–H groups in total. The lowest BCUT2D eigenvalue weighted by molar-refractivity contribution is 0.0558. The predicted octanol–water partition coefficient (Wildman–Crippen LogP) is 5.17. The minimum atomic E-state index is -0.827. The minimum absolute atomic E-state index is 0.0199. The Balaban J connectivity index is 1.23. The van der Waals surface area contributed by atoms with Crippen molar-refractivity contribution >= 4 is 23.2 Å². The van der Waals surface area contributed by atoms with Crippen LogP contribution in [0.2, 0.25) is 0 Å². The van der Waals surface area contributed by atoms with Crippen LogP contribution in [0.1, 0.15) is 44.9 Å². The van der Waals surface area contributed by atoms with Gasteiger partial charge in [-0.05, 0) is 67.5 Å². The molecule has 2 amide bonds. The number of carbonyl (C=O) groups excluding carboxylic acids is 2. The monoisotopic (exact) mass is 481 g/mol. The maximum Gasteiger partial charge on any atom is 0.263 e. The highest BCUT2D eigenvalue weighted by Gasteiger charge is 2.43. The van der Waals surface area contributed by atoms with Crippen LogP contribution in [0.5, 0.6) is 0 Å². The molecule has 1 spiro atoms. The predicted molar refractivity (Wildman–Crippen MR) is 127 cm³/mol. The first-order chi connectivity index (χ1) is 16.4. The lowest BCUT2D eigenvalue weighted by atomic mass is 9.77. The summed E-state index contributed by atoms with van der Waals surface area (Å²) in [6, 6.07) is 12.0. The van der Waals surface area contributed by atoms with Crippen molar-refractivity contribution in [2.45, 2.75) is 26.2 Å². The molecule has 2 saturated heterocycles. The van der Waals surface area contributed by atoms with Gasteiger partial charge < -0.3 is 9.80 Å². The number of rotatable bonds is 3. The fraction of sp³-hybridized carbons (Fsp3) is 0.346. The van der Waals surface area contributed by atoms with Crippen LogP contribution in [-0.2, 0) is 0 Å². The summed E-state index contributed by atoms with van der Waals surface area (Å²) in [6.07, 6.45) is 4.02. The molecule has 0 bridgehead atoms. The van der Waals surface area contributed by atoms with Crippen LogP contribution in [0.15, 0.2) is 48.7 Å². The van der Waals surface area contributed by atoms with Gasteiger partial charge in [-0.2, -0.15) is 0 Å². The number of benzene rings is 1. The van der Waals surface area contributed by atoms with Crippen molar-refractivity contribution in [2.24, 2.45) is 5.41 Å². The van der Waals surface area contributed by atoms with Gasteiger partial charge in [-0.25, -0.2) is 8.78 Å². The number of hydrogen-bond donors (Lipinski definition) is 0. The SMILES string of the molecule is Cc1ccc(F)c(C(=O)N2CCC3(CCN(C(=O)c4ccc(-c5ccccn5)s4)C3)CC2)c1F. The fourth-order valence-corrected chi connectivity index (χ4v) is 5.92. The van der Waals surface area contributed by atoms with E-state index >= 15 is 0 Å². The third-order valence-electron chi connectivity index (χ3n) is 7.07. The van der Waals surface area contributed by atoms with Crippen molar-refractivity contribution < 1.29 is 18.4 Å². The summed E-state index contributed by atoms with van der Waals surface area (Å²) in [5.41, 5.74) is 0.573. The number of piperidine rings is 1. The number of thiophene rings is 1. The van der Waals surface area contributed by atoms with Gasteiger partial charge in [0, 0.05) is 32.4 Å². The van der Waals surface area contributed by atoms with E-state index in [1.165, 1.54) is 29.2 Å². The zero-order chi connectivity index (χ0) is 23.9. The lowest BCUT2D eigenvalue weighted by Gasteiger charge is -2.39. The smallest absolute Gasteiger partial charge is 0.263 e. The van der Waals surface area contributed by atoms with E-state index in [1.54, 1.807) is 6.20 Å². The van der Waals surface area contributed by atoms with Crippen molar-refractivity contribution in [1.82, 2.24) is 14.8 Å². The summed E-state index contributed by atoms with van der Waals surface area (Å²) in [4.78, 5) is 35.4. The number of halogens is 2. The van der Waals surface area contributed by atoms with E-state index in [4.69, 9.17) is 0 Å². The van der Waals surface area contributed by atoms with E-state index < -0.39 is 23.1 Å². The van der Waals surface area contributed by atoms with Gasteiger partial charge in [0.2, 0.25) is 0 Å². The molecule has 2 aliphatic rings. The van der Waals surface area contributed by atoms with E-state index in [9.17, 15) is 18.4 Å². The van der Waals surface area contributed by atoms with Crippen LogP contribution in [0.4, 0.5) is 8.78 Å². The molecule has 3 aromatic rings. The second-order valence-electron chi connectivity index (χ2n) is 9.20. The van der Waals surface area contributed by atoms with Crippen molar-refractivity contribution in [1.29, 1.82) is 0 Å².